The molecule has 0 fully saturated rings. The summed E-state index contributed by atoms with van der Waals surface area (Å²) in [4.78, 5) is 38.3. The number of pyridine rings is 1. The van der Waals surface area contributed by atoms with Gasteiger partial charge in [0.1, 0.15) is 5.15 Å². The molecule has 2 aromatic rings. The van der Waals surface area contributed by atoms with Crippen LogP contribution in [-0.4, -0.2) is 34.5 Å². The van der Waals surface area contributed by atoms with Gasteiger partial charge in [0.2, 0.25) is 0 Å². The first-order chi connectivity index (χ1) is 11.4. The molecule has 0 radical (unpaired) electrons. The number of hydrogen-bond donors (Lipinski definition) is 2. The SMILES string of the molecule is O=C(COC(=O)c1cccnc1Cl)Nc1ccc(Cl)c(C(=O)O)c1. The number of carboxylic acids is 1. The Morgan fingerprint density at radius 3 is 2.58 bits per heavy atom. The predicted molar refractivity (Wildman–Crippen MR) is 86.6 cm³/mol. The lowest BCUT2D eigenvalue weighted by Gasteiger charge is -2.08. The number of anilines is 1. The van der Waals surface area contributed by atoms with Gasteiger partial charge in [-0.3, -0.25) is 4.79 Å². The van der Waals surface area contributed by atoms with E-state index in [1.54, 1.807) is 0 Å². The van der Waals surface area contributed by atoms with Crippen LogP contribution in [0.3, 0.4) is 0 Å². The maximum absolute atomic E-state index is 11.8. The van der Waals surface area contributed by atoms with E-state index in [9.17, 15) is 14.4 Å². The summed E-state index contributed by atoms with van der Waals surface area (Å²) in [6.07, 6.45) is 1.41. The van der Waals surface area contributed by atoms with Crippen LogP contribution in [0.25, 0.3) is 0 Å². The Balaban J connectivity index is 1.97. The number of aromatic nitrogens is 1. The van der Waals surface area contributed by atoms with Crippen molar-refractivity contribution in [3.05, 3.63) is 57.8 Å². The minimum atomic E-state index is -1.23. The second-order valence-corrected chi connectivity index (χ2v) is 5.23. The number of esters is 1. The summed E-state index contributed by atoms with van der Waals surface area (Å²) in [5.41, 5.74) is 0.0810. The van der Waals surface area contributed by atoms with Gasteiger partial charge in [0.25, 0.3) is 5.91 Å². The maximum Gasteiger partial charge on any atom is 0.341 e. The van der Waals surface area contributed by atoms with Crippen LogP contribution in [0, 0.1) is 0 Å². The van der Waals surface area contributed by atoms with E-state index < -0.39 is 24.5 Å². The third-order valence-electron chi connectivity index (χ3n) is 2.79. The number of nitrogens with zero attached hydrogens (tertiary/aromatic N) is 1. The normalized spacial score (nSPS) is 10.1. The number of carbonyl (C=O) groups excluding carboxylic acids is 2. The zero-order valence-corrected chi connectivity index (χ0v) is 13.5. The third-order valence-corrected chi connectivity index (χ3v) is 3.42. The van der Waals surface area contributed by atoms with Gasteiger partial charge in [-0.1, -0.05) is 23.2 Å². The van der Waals surface area contributed by atoms with Gasteiger partial charge in [-0.2, -0.15) is 0 Å². The van der Waals surface area contributed by atoms with Crippen LogP contribution in [-0.2, 0) is 9.53 Å². The van der Waals surface area contributed by atoms with Gasteiger partial charge in [-0.05, 0) is 30.3 Å². The van der Waals surface area contributed by atoms with E-state index in [-0.39, 0.29) is 27.0 Å². The maximum atomic E-state index is 11.8. The Hall–Kier alpha value is -2.64. The second kappa shape index (κ2) is 7.76. The molecule has 124 valence electrons. The van der Waals surface area contributed by atoms with Crippen molar-refractivity contribution in [3.8, 4) is 0 Å². The summed E-state index contributed by atoms with van der Waals surface area (Å²) in [6.45, 7) is -0.574. The Morgan fingerprint density at radius 1 is 1.17 bits per heavy atom. The number of ether oxygens (including phenoxy) is 1. The first kappa shape index (κ1) is 17.7. The number of halogens is 2. The van der Waals surface area contributed by atoms with Crippen molar-refractivity contribution < 1.29 is 24.2 Å². The zero-order chi connectivity index (χ0) is 17.7. The molecule has 2 rings (SSSR count). The van der Waals surface area contributed by atoms with Crippen LogP contribution >= 0.6 is 23.2 Å². The van der Waals surface area contributed by atoms with E-state index in [1.165, 1.54) is 36.5 Å². The lowest BCUT2D eigenvalue weighted by atomic mass is 10.2. The first-order valence-corrected chi connectivity index (χ1v) is 7.24. The summed E-state index contributed by atoms with van der Waals surface area (Å²) in [7, 11) is 0. The number of rotatable bonds is 5. The molecule has 0 saturated carbocycles. The Kier molecular flexibility index (Phi) is 5.73. The van der Waals surface area contributed by atoms with Gasteiger partial charge in [0.15, 0.2) is 6.61 Å². The van der Waals surface area contributed by atoms with Crippen molar-refractivity contribution in [1.82, 2.24) is 4.98 Å². The van der Waals surface area contributed by atoms with Crippen LogP contribution < -0.4 is 5.32 Å². The lowest BCUT2D eigenvalue weighted by Crippen LogP contribution is -2.21. The second-order valence-electron chi connectivity index (χ2n) is 4.47. The summed E-state index contributed by atoms with van der Waals surface area (Å²) >= 11 is 11.5. The van der Waals surface area contributed by atoms with Gasteiger partial charge < -0.3 is 15.2 Å². The molecule has 0 aliphatic carbocycles. The minimum Gasteiger partial charge on any atom is -0.478 e. The van der Waals surface area contributed by atoms with Crippen molar-refractivity contribution >= 4 is 46.7 Å². The fourth-order valence-corrected chi connectivity index (χ4v) is 2.11. The van der Waals surface area contributed by atoms with Crippen molar-refractivity contribution in [2.75, 3.05) is 11.9 Å². The van der Waals surface area contributed by atoms with E-state index in [0.29, 0.717) is 0 Å². The molecule has 1 amide bonds. The van der Waals surface area contributed by atoms with Crippen LogP contribution in [0.4, 0.5) is 5.69 Å². The van der Waals surface area contributed by atoms with E-state index in [2.05, 4.69) is 10.3 Å². The summed E-state index contributed by atoms with van der Waals surface area (Å²) in [5, 5.41) is 11.4. The highest BCUT2D eigenvalue weighted by molar-refractivity contribution is 6.33. The molecule has 1 heterocycles. The summed E-state index contributed by atoms with van der Waals surface area (Å²) in [6, 6.07) is 6.87. The first-order valence-electron chi connectivity index (χ1n) is 6.49. The largest absolute Gasteiger partial charge is 0.478 e. The number of amides is 1. The number of benzene rings is 1. The monoisotopic (exact) mass is 368 g/mol. The van der Waals surface area contributed by atoms with Gasteiger partial charge in [-0.15, -0.1) is 0 Å². The average molecular weight is 369 g/mol. The highest BCUT2D eigenvalue weighted by Crippen LogP contribution is 2.20. The van der Waals surface area contributed by atoms with E-state index in [4.69, 9.17) is 33.0 Å². The highest BCUT2D eigenvalue weighted by Gasteiger charge is 2.15. The molecule has 0 bridgehead atoms. The fourth-order valence-electron chi connectivity index (χ4n) is 1.71. The number of carbonyl (C=O) groups is 3. The van der Waals surface area contributed by atoms with Gasteiger partial charge >= 0.3 is 11.9 Å². The molecule has 0 spiro atoms. The van der Waals surface area contributed by atoms with Gasteiger partial charge in [-0.25, -0.2) is 14.6 Å². The van der Waals surface area contributed by atoms with Crippen molar-refractivity contribution in [1.29, 1.82) is 0 Å². The molecule has 7 nitrogen and oxygen atoms in total. The molecule has 1 aromatic carbocycles. The van der Waals surface area contributed by atoms with Crippen molar-refractivity contribution in [2.24, 2.45) is 0 Å². The molecule has 2 N–H and O–H groups in total. The fraction of sp³-hybridized carbons (Fsp3) is 0.0667. The Bertz CT molecular complexity index is 810. The number of nitrogens with one attached hydrogen (secondary N) is 1. The van der Waals surface area contributed by atoms with Crippen molar-refractivity contribution in [2.45, 2.75) is 0 Å². The lowest BCUT2D eigenvalue weighted by molar-refractivity contribution is -0.119. The molecule has 24 heavy (non-hydrogen) atoms. The third kappa shape index (κ3) is 4.43. The Morgan fingerprint density at radius 2 is 1.92 bits per heavy atom. The average Bonchev–Trinajstić information content (AvgIpc) is 2.54. The topological polar surface area (TPSA) is 106 Å². The molecule has 0 atom stereocenters. The van der Waals surface area contributed by atoms with Crippen molar-refractivity contribution in [3.63, 3.8) is 0 Å². The van der Waals surface area contributed by atoms with Crippen LogP contribution in [0.5, 0.6) is 0 Å². The molecule has 1 aromatic heterocycles. The Labute approximate surface area is 146 Å². The molecule has 0 aliphatic rings. The predicted octanol–water partition coefficient (Wildman–Crippen LogP) is 2.88. The van der Waals surface area contributed by atoms with Crippen LogP contribution in [0.15, 0.2) is 36.5 Å². The molecular weight excluding hydrogens is 359 g/mol. The van der Waals surface area contributed by atoms with Gasteiger partial charge in [0, 0.05) is 11.9 Å². The number of aromatic carboxylic acids is 1. The van der Waals surface area contributed by atoms with Gasteiger partial charge in [0.05, 0.1) is 16.1 Å². The molecule has 0 aliphatic heterocycles. The standard InChI is InChI=1S/C15H10Cl2N2O5/c16-11-4-3-8(6-10(11)14(21)22)19-12(20)7-24-15(23)9-2-1-5-18-13(9)17/h1-6H,7H2,(H,19,20)(H,21,22). The minimum absolute atomic E-state index is 0.0339. The summed E-state index contributed by atoms with van der Waals surface area (Å²) in [5.74, 6) is -2.68. The zero-order valence-electron chi connectivity index (χ0n) is 12.0. The quantitative estimate of drug-likeness (QED) is 0.620. The van der Waals surface area contributed by atoms with Crippen LogP contribution in [0.2, 0.25) is 10.2 Å². The van der Waals surface area contributed by atoms with Crippen LogP contribution in [0.1, 0.15) is 20.7 Å². The van der Waals surface area contributed by atoms with E-state index in [1.807, 2.05) is 0 Å². The number of hydrogen-bond acceptors (Lipinski definition) is 5. The van der Waals surface area contributed by atoms with E-state index >= 15 is 0 Å². The summed E-state index contributed by atoms with van der Waals surface area (Å²) < 4.78 is 4.83. The highest BCUT2D eigenvalue weighted by atomic mass is 35.5. The smallest absolute Gasteiger partial charge is 0.341 e. The molecule has 0 unspecified atom stereocenters. The van der Waals surface area contributed by atoms with E-state index in [0.717, 1.165) is 0 Å². The molecular formula is C15H10Cl2N2O5. The number of carboxylic acid groups (broad SMARTS) is 1. The molecule has 9 heteroatoms. The molecule has 0 saturated heterocycles.